The summed E-state index contributed by atoms with van der Waals surface area (Å²) in [6.45, 7) is 1.97. The average molecular weight is 434 g/mol. The van der Waals surface area contributed by atoms with Crippen molar-refractivity contribution in [1.29, 1.82) is 0 Å². The summed E-state index contributed by atoms with van der Waals surface area (Å²) >= 11 is 1.65. The zero-order chi connectivity index (χ0) is 21.8. The van der Waals surface area contributed by atoms with E-state index in [-0.39, 0.29) is 17.3 Å². The summed E-state index contributed by atoms with van der Waals surface area (Å²) < 4.78 is 5.99. The molecule has 0 aliphatic heterocycles. The van der Waals surface area contributed by atoms with Gasteiger partial charge >= 0.3 is 0 Å². The van der Waals surface area contributed by atoms with Gasteiger partial charge in [0.2, 0.25) is 11.6 Å². The standard InChI is InChI=1S/C20H18N8O2S/c1-12-3-7-14(8-4-12)17-16(23-27-28(17)19-18(21)25-30-26-19)20(29)24-22-11-13-5-9-15(31-2)10-6-13/h3-11H,1-2H3,(H2,21,25)(H,24,29). The SMILES string of the molecule is CSc1ccc(C=NNC(=O)c2nnn(-c3nonc3N)c2-c2ccc(C)cc2)cc1. The number of hydrogen-bond donors (Lipinski definition) is 2. The summed E-state index contributed by atoms with van der Waals surface area (Å²) in [7, 11) is 0. The van der Waals surface area contributed by atoms with Gasteiger partial charge < -0.3 is 5.73 Å². The largest absolute Gasteiger partial charge is 0.378 e. The fourth-order valence-corrected chi connectivity index (χ4v) is 3.21. The third-order valence-electron chi connectivity index (χ3n) is 4.40. The minimum absolute atomic E-state index is 0.0249. The molecule has 0 bridgehead atoms. The number of hydrazone groups is 1. The molecule has 1 amide bonds. The fourth-order valence-electron chi connectivity index (χ4n) is 2.80. The molecule has 10 nitrogen and oxygen atoms in total. The van der Waals surface area contributed by atoms with E-state index < -0.39 is 5.91 Å². The Morgan fingerprint density at radius 2 is 1.90 bits per heavy atom. The molecule has 2 heterocycles. The number of nitrogens with one attached hydrogen (secondary N) is 1. The molecular weight excluding hydrogens is 416 g/mol. The summed E-state index contributed by atoms with van der Waals surface area (Å²) in [5, 5.41) is 19.4. The molecule has 0 fully saturated rings. The molecule has 0 unspecified atom stereocenters. The molecule has 3 N–H and O–H groups in total. The van der Waals surface area contributed by atoms with Crippen LogP contribution < -0.4 is 11.2 Å². The van der Waals surface area contributed by atoms with E-state index in [1.165, 1.54) is 4.68 Å². The number of nitrogens with two attached hydrogens (primary N) is 1. The number of amides is 1. The molecule has 2 aromatic carbocycles. The maximum Gasteiger partial charge on any atom is 0.294 e. The van der Waals surface area contributed by atoms with Crippen LogP contribution in [0.15, 0.2) is 63.2 Å². The highest BCUT2D eigenvalue weighted by Gasteiger charge is 2.25. The molecule has 156 valence electrons. The van der Waals surface area contributed by atoms with Crippen LogP contribution in [0.5, 0.6) is 0 Å². The predicted molar refractivity (Wildman–Crippen MR) is 117 cm³/mol. The predicted octanol–water partition coefficient (Wildman–Crippen LogP) is 2.69. The number of carbonyl (C=O) groups is 1. The highest BCUT2D eigenvalue weighted by molar-refractivity contribution is 7.98. The second-order valence-corrected chi connectivity index (χ2v) is 7.39. The molecule has 0 radical (unpaired) electrons. The van der Waals surface area contributed by atoms with E-state index in [0.717, 1.165) is 16.0 Å². The van der Waals surface area contributed by atoms with E-state index >= 15 is 0 Å². The lowest BCUT2D eigenvalue weighted by Crippen LogP contribution is -2.19. The molecule has 11 heteroatoms. The van der Waals surface area contributed by atoms with Crippen molar-refractivity contribution in [2.75, 3.05) is 12.0 Å². The smallest absolute Gasteiger partial charge is 0.294 e. The Kier molecular flexibility index (Phi) is 5.76. The van der Waals surface area contributed by atoms with Gasteiger partial charge in [-0.15, -0.1) is 16.9 Å². The molecular formula is C20H18N8O2S. The van der Waals surface area contributed by atoms with Crippen molar-refractivity contribution in [2.24, 2.45) is 5.10 Å². The van der Waals surface area contributed by atoms with Crippen molar-refractivity contribution in [1.82, 2.24) is 30.7 Å². The average Bonchev–Trinajstić information content (AvgIpc) is 3.40. The van der Waals surface area contributed by atoms with Crippen molar-refractivity contribution in [3.8, 4) is 17.1 Å². The maximum atomic E-state index is 12.8. The van der Waals surface area contributed by atoms with Crippen molar-refractivity contribution >= 4 is 29.7 Å². The van der Waals surface area contributed by atoms with Crippen LogP contribution >= 0.6 is 11.8 Å². The molecule has 0 saturated carbocycles. The Morgan fingerprint density at radius 1 is 1.16 bits per heavy atom. The second kappa shape index (κ2) is 8.79. The van der Waals surface area contributed by atoms with Crippen molar-refractivity contribution in [3.63, 3.8) is 0 Å². The molecule has 2 aromatic heterocycles. The van der Waals surface area contributed by atoms with Crippen LogP contribution in [0.3, 0.4) is 0 Å². The Morgan fingerprint density at radius 3 is 2.55 bits per heavy atom. The lowest BCUT2D eigenvalue weighted by Gasteiger charge is -2.06. The number of anilines is 1. The van der Waals surface area contributed by atoms with Crippen molar-refractivity contribution in [2.45, 2.75) is 11.8 Å². The second-order valence-electron chi connectivity index (χ2n) is 6.51. The maximum absolute atomic E-state index is 12.8. The summed E-state index contributed by atoms with van der Waals surface area (Å²) in [5.74, 6) is -0.370. The van der Waals surface area contributed by atoms with E-state index in [0.29, 0.717) is 11.3 Å². The molecule has 4 rings (SSSR count). The molecule has 4 aromatic rings. The first-order valence-electron chi connectivity index (χ1n) is 9.15. The quantitative estimate of drug-likeness (QED) is 0.268. The first-order chi connectivity index (χ1) is 15.1. The highest BCUT2D eigenvalue weighted by Crippen LogP contribution is 2.26. The van der Waals surface area contributed by atoms with Crippen LogP contribution in [0.2, 0.25) is 0 Å². The normalized spacial score (nSPS) is 11.2. The van der Waals surface area contributed by atoms with Crippen LogP contribution in [-0.2, 0) is 0 Å². The topological polar surface area (TPSA) is 137 Å². The van der Waals surface area contributed by atoms with Gasteiger partial charge in [-0.2, -0.15) is 9.78 Å². The number of carbonyl (C=O) groups excluding carboxylic acids is 1. The lowest BCUT2D eigenvalue weighted by atomic mass is 10.1. The molecule has 0 aliphatic carbocycles. The van der Waals surface area contributed by atoms with Crippen LogP contribution in [0.25, 0.3) is 17.1 Å². The summed E-state index contributed by atoms with van der Waals surface area (Å²) in [6.07, 6.45) is 3.56. The Hall–Kier alpha value is -3.99. The van der Waals surface area contributed by atoms with Gasteiger partial charge in [0.25, 0.3) is 5.91 Å². The van der Waals surface area contributed by atoms with Crippen molar-refractivity contribution < 1.29 is 9.42 Å². The Bertz CT molecular complexity index is 1230. The summed E-state index contributed by atoms with van der Waals surface area (Å²) in [6, 6.07) is 15.3. The van der Waals surface area contributed by atoms with E-state index in [2.05, 4.69) is 35.8 Å². The number of hydrogen-bond acceptors (Lipinski definition) is 9. The zero-order valence-electron chi connectivity index (χ0n) is 16.7. The van der Waals surface area contributed by atoms with Gasteiger partial charge in [0.15, 0.2) is 5.69 Å². The van der Waals surface area contributed by atoms with E-state index in [1.54, 1.807) is 18.0 Å². The molecule has 0 atom stereocenters. The molecule has 0 spiro atoms. The highest BCUT2D eigenvalue weighted by atomic mass is 32.2. The zero-order valence-corrected chi connectivity index (χ0v) is 17.5. The minimum Gasteiger partial charge on any atom is -0.378 e. The van der Waals surface area contributed by atoms with Gasteiger partial charge in [-0.05, 0) is 41.2 Å². The monoisotopic (exact) mass is 434 g/mol. The van der Waals surface area contributed by atoms with E-state index in [9.17, 15) is 4.79 Å². The number of nitrogens with zero attached hydrogens (tertiary/aromatic N) is 6. The van der Waals surface area contributed by atoms with Gasteiger partial charge in [0, 0.05) is 10.5 Å². The van der Waals surface area contributed by atoms with Crippen LogP contribution in [0.1, 0.15) is 21.6 Å². The van der Waals surface area contributed by atoms with E-state index in [4.69, 9.17) is 5.73 Å². The fraction of sp³-hybridized carbons (Fsp3) is 0.100. The third-order valence-corrected chi connectivity index (χ3v) is 5.15. The molecule has 0 aliphatic rings. The first-order valence-corrected chi connectivity index (χ1v) is 10.4. The summed E-state index contributed by atoms with van der Waals surface area (Å²) in [4.78, 5) is 14.0. The first kappa shape index (κ1) is 20.3. The van der Waals surface area contributed by atoms with Crippen LogP contribution in [-0.4, -0.2) is 43.7 Å². The number of aryl methyl sites for hydroxylation is 1. The van der Waals surface area contributed by atoms with Gasteiger partial charge in [-0.3, -0.25) is 4.79 Å². The van der Waals surface area contributed by atoms with Gasteiger partial charge in [0.1, 0.15) is 5.69 Å². The number of rotatable bonds is 6. The van der Waals surface area contributed by atoms with Crippen LogP contribution in [0, 0.1) is 6.92 Å². The number of aromatic nitrogens is 5. The van der Waals surface area contributed by atoms with E-state index in [1.807, 2.05) is 61.7 Å². The molecule has 31 heavy (non-hydrogen) atoms. The van der Waals surface area contributed by atoms with Gasteiger partial charge in [0.05, 0.1) is 6.21 Å². The number of nitrogen functional groups attached to an aromatic ring is 1. The summed E-state index contributed by atoms with van der Waals surface area (Å²) in [5.41, 5.74) is 11.4. The minimum atomic E-state index is -0.533. The van der Waals surface area contributed by atoms with Crippen LogP contribution in [0.4, 0.5) is 5.82 Å². The van der Waals surface area contributed by atoms with Gasteiger partial charge in [-0.25, -0.2) is 10.1 Å². The number of benzene rings is 2. The van der Waals surface area contributed by atoms with Gasteiger partial charge in [-0.1, -0.05) is 47.2 Å². The lowest BCUT2D eigenvalue weighted by molar-refractivity contribution is 0.0950. The van der Waals surface area contributed by atoms with Crippen molar-refractivity contribution in [3.05, 3.63) is 65.4 Å². The Balaban J connectivity index is 1.64. The third kappa shape index (κ3) is 4.31. The Labute approximate surface area is 181 Å². The molecule has 0 saturated heterocycles. The number of thioether (sulfide) groups is 1.